The number of nitrogens with one attached hydrogen (secondary N) is 2. The Balaban J connectivity index is 0.00000312. The van der Waals surface area contributed by atoms with E-state index < -0.39 is 6.10 Å². The van der Waals surface area contributed by atoms with Crippen molar-refractivity contribution in [2.75, 3.05) is 45.9 Å². The fourth-order valence-corrected chi connectivity index (χ4v) is 2.65. The molecule has 1 unspecified atom stereocenters. The average molecular weight is 408 g/mol. The summed E-state index contributed by atoms with van der Waals surface area (Å²) in [6.45, 7) is 10.3. The van der Waals surface area contributed by atoms with Gasteiger partial charge < -0.3 is 25.0 Å². The molecule has 0 radical (unpaired) electrons. The third-order valence-corrected chi connectivity index (χ3v) is 4.21. The number of benzene rings is 1. The maximum absolute atomic E-state index is 12.1. The summed E-state index contributed by atoms with van der Waals surface area (Å²) in [7, 11) is 0. The van der Waals surface area contributed by atoms with Gasteiger partial charge in [-0.3, -0.25) is 4.79 Å². The van der Waals surface area contributed by atoms with E-state index in [0.717, 1.165) is 37.5 Å². The van der Waals surface area contributed by atoms with Gasteiger partial charge in [0.05, 0.1) is 6.61 Å². The second kappa shape index (κ2) is 14.1. The summed E-state index contributed by atoms with van der Waals surface area (Å²) in [5.41, 5.74) is 0.981. The molecule has 0 aromatic heterocycles. The smallest absolute Gasteiger partial charge is 0.250 e. The van der Waals surface area contributed by atoms with Gasteiger partial charge in [0.2, 0.25) is 0 Å². The van der Waals surface area contributed by atoms with Crippen LogP contribution < -0.4 is 15.4 Å². The number of ether oxygens (including phenoxy) is 2. The van der Waals surface area contributed by atoms with Crippen molar-refractivity contribution in [3.05, 3.63) is 29.8 Å². The van der Waals surface area contributed by atoms with Crippen LogP contribution in [0.15, 0.2) is 24.3 Å². The van der Waals surface area contributed by atoms with Crippen LogP contribution in [0.25, 0.3) is 0 Å². The molecule has 1 heterocycles. The lowest BCUT2D eigenvalue weighted by Gasteiger charge is -2.23. The summed E-state index contributed by atoms with van der Waals surface area (Å²) in [5, 5.41) is 6.10. The lowest BCUT2D eigenvalue weighted by molar-refractivity contribution is -0.134. The maximum Gasteiger partial charge on any atom is 0.250 e. The van der Waals surface area contributed by atoms with E-state index in [9.17, 15) is 4.79 Å². The maximum atomic E-state index is 12.1. The summed E-state index contributed by atoms with van der Waals surface area (Å²) in [5.74, 6) is 0.743. The number of likely N-dealkylation sites (N-methyl/N-ethyl adjacent to an activating group) is 1. The van der Waals surface area contributed by atoms with Crippen LogP contribution in [0.2, 0.25) is 0 Å². The van der Waals surface area contributed by atoms with E-state index in [4.69, 9.17) is 9.47 Å². The van der Waals surface area contributed by atoms with E-state index in [1.807, 2.05) is 24.3 Å². The minimum Gasteiger partial charge on any atom is -0.492 e. The summed E-state index contributed by atoms with van der Waals surface area (Å²) >= 11 is 0. The van der Waals surface area contributed by atoms with Crippen LogP contribution in [0.1, 0.15) is 19.4 Å². The number of para-hydroxylation sites is 1. The number of rotatable bonds is 9. The fraction of sp³-hybridized carbons (Fsp3) is 0.611. The first kappa shape index (κ1) is 24.9. The van der Waals surface area contributed by atoms with Crippen LogP contribution in [0.3, 0.4) is 0 Å². The molecule has 2 N–H and O–H groups in total. The minimum absolute atomic E-state index is 0. The minimum atomic E-state index is -0.408. The van der Waals surface area contributed by atoms with Gasteiger partial charge in [-0.1, -0.05) is 32.0 Å². The monoisotopic (exact) mass is 407 g/mol. The lowest BCUT2D eigenvalue weighted by atomic mass is 10.2. The zero-order valence-electron chi connectivity index (χ0n) is 15.5. The zero-order valence-corrected chi connectivity index (χ0v) is 17.2. The number of nitrogens with zero attached hydrogens (tertiary/aromatic N) is 1. The molecule has 1 aromatic carbocycles. The van der Waals surface area contributed by atoms with Gasteiger partial charge in [-0.15, -0.1) is 24.8 Å². The number of morpholine rings is 1. The van der Waals surface area contributed by atoms with E-state index in [-0.39, 0.29) is 30.7 Å². The van der Waals surface area contributed by atoms with Gasteiger partial charge in [-0.25, -0.2) is 0 Å². The molecular weight excluding hydrogens is 377 g/mol. The SMILES string of the molecule is CCN(CC)CCOc1ccccc1CNC(=O)C1CNCCO1.Cl.Cl. The molecule has 8 heteroatoms. The predicted molar refractivity (Wildman–Crippen MR) is 109 cm³/mol. The Morgan fingerprint density at radius 2 is 2.04 bits per heavy atom. The van der Waals surface area contributed by atoms with Gasteiger partial charge in [-0.2, -0.15) is 0 Å². The van der Waals surface area contributed by atoms with Crippen molar-refractivity contribution >= 4 is 30.7 Å². The molecule has 1 saturated heterocycles. The topological polar surface area (TPSA) is 62.8 Å². The first-order valence-electron chi connectivity index (χ1n) is 8.77. The lowest BCUT2D eigenvalue weighted by Crippen LogP contribution is -2.47. The van der Waals surface area contributed by atoms with Crippen molar-refractivity contribution < 1.29 is 14.3 Å². The van der Waals surface area contributed by atoms with Crippen molar-refractivity contribution in [3.8, 4) is 5.75 Å². The number of hydrogen-bond donors (Lipinski definition) is 2. The molecular formula is C18H31Cl2N3O3. The molecule has 0 spiro atoms. The number of halogens is 2. The highest BCUT2D eigenvalue weighted by atomic mass is 35.5. The van der Waals surface area contributed by atoms with E-state index in [1.165, 1.54) is 0 Å². The fourth-order valence-electron chi connectivity index (χ4n) is 2.65. The summed E-state index contributed by atoms with van der Waals surface area (Å²) < 4.78 is 11.4. The number of carbonyl (C=O) groups excluding carboxylic acids is 1. The molecule has 1 aliphatic heterocycles. The molecule has 1 fully saturated rings. The first-order chi connectivity index (χ1) is 11.7. The van der Waals surface area contributed by atoms with E-state index in [0.29, 0.717) is 26.3 Å². The third kappa shape index (κ3) is 8.10. The van der Waals surface area contributed by atoms with Crippen molar-refractivity contribution in [1.82, 2.24) is 15.5 Å². The molecule has 0 bridgehead atoms. The molecule has 0 aliphatic carbocycles. The van der Waals surface area contributed by atoms with Crippen LogP contribution in [0.4, 0.5) is 0 Å². The highest BCUT2D eigenvalue weighted by Gasteiger charge is 2.21. The van der Waals surface area contributed by atoms with Gasteiger partial charge >= 0.3 is 0 Å². The van der Waals surface area contributed by atoms with Crippen LogP contribution >= 0.6 is 24.8 Å². The normalized spacial score (nSPS) is 16.3. The Kier molecular flexibility index (Phi) is 13.5. The molecule has 0 saturated carbocycles. The zero-order chi connectivity index (χ0) is 17.2. The Bertz CT molecular complexity index is 510. The molecule has 1 aromatic rings. The van der Waals surface area contributed by atoms with Crippen molar-refractivity contribution in [2.45, 2.75) is 26.5 Å². The summed E-state index contributed by atoms with van der Waals surface area (Å²) in [6, 6.07) is 7.83. The van der Waals surface area contributed by atoms with Crippen LogP contribution in [0, 0.1) is 0 Å². The van der Waals surface area contributed by atoms with Gasteiger partial charge in [-0.05, 0) is 19.2 Å². The van der Waals surface area contributed by atoms with Crippen LogP contribution in [-0.2, 0) is 16.1 Å². The predicted octanol–water partition coefficient (Wildman–Crippen LogP) is 1.86. The Hall–Kier alpha value is -1.05. The quantitative estimate of drug-likeness (QED) is 0.653. The van der Waals surface area contributed by atoms with Gasteiger partial charge in [0.25, 0.3) is 5.91 Å². The van der Waals surface area contributed by atoms with Gasteiger partial charge in [0, 0.05) is 31.7 Å². The largest absolute Gasteiger partial charge is 0.492 e. The van der Waals surface area contributed by atoms with E-state index in [1.54, 1.807) is 0 Å². The number of amides is 1. The number of carbonyl (C=O) groups is 1. The number of hydrogen-bond acceptors (Lipinski definition) is 5. The summed E-state index contributed by atoms with van der Waals surface area (Å²) in [4.78, 5) is 14.5. The van der Waals surface area contributed by atoms with E-state index >= 15 is 0 Å². The standard InChI is InChI=1S/C18H29N3O3.2ClH/c1-3-21(4-2)10-12-24-16-8-6-5-7-15(16)13-20-18(22)17-14-19-9-11-23-17;;/h5-8,17,19H,3-4,9-14H2,1-2H3,(H,20,22);2*1H. The Labute approximate surface area is 168 Å². The molecule has 1 atom stereocenters. The van der Waals surface area contributed by atoms with Gasteiger partial charge in [0.1, 0.15) is 18.5 Å². The molecule has 1 aliphatic rings. The third-order valence-electron chi connectivity index (χ3n) is 4.21. The highest BCUT2D eigenvalue weighted by molar-refractivity contribution is 5.85. The Morgan fingerprint density at radius 3 is 2.69 bits per heavy atom. The van der Waals surface area contributed by atoms with E-state index in [2.05, 4.69) is 29.4 Å². The Morgan fingerprint density at radius 1 is 1.31 bits per heavy atom. The van der Waals surface area contributed by atoms with Crippen molar-refractivity contribution in [2.24, 2.45) is 0 Å². The molecule has 150 valence electrons. The molecule has 2 rings (SSSR count). The van der Waals surface area contributed by atoms with Crippen molar-refractivity contribution in [3.63, 3.8) is 0 Å². The first-order valence-corrected chi connectivity index (χ1v) is 8.77. The molecule has 6 nitrogen and oxygen atoms in total. The highest BCUT2D eigenvalue weighted by Crippen LogP contribution is 2.17. The van der Waals surface area contributed by atoms with Crippen molar-refractivity contribution in [1.29, 1.82) is 0 Å². The summed E-state index contributed by atoms with van der Waals surface area (Å²) in [6.07, 6.45) is -0.408. The van der Waals surface area contributed by atoms with Crippen LogP contribution in [0.5, 0.6) is 5.75 Å². The second-order valence-corrected chi connectivity index (χ2v) is 5.76. The second-order valence-electron chi connectivity index (χ2n) is 5.76. The van der Waals surface area contributed by atoms with Gasteiger partial charge in [0.15, 0.2) is 0 Å². The average Bonchev–Trinajstić information content (AvgIpc) is 2.65. The molecule has 1 amide bonds. The molecule has 26 heavy (non-hydrogen) atoms. The van der Waals surface area contributed by atoms with Crippen LogP contribution in [-0.4, -0.2) is 62.8 Å².